The van der Waals surface area contributed by atoms with Gasteiger partial charge in [0, 0.05) is 41.8 Å². The van der Waals surface area contributed by atoms with E-state index in [1.807, 2.05) is 78.2 Å². The summed E-state index contributed by atoms with van der Waals surface area (Å²) >= 11 is 0. The number of aryl methyl sites for hydroxylation is 2. The van der Waals surface area contributed by atoms with E-state index in [1.54, 1.807) is 0 Å². The Labute approximate surface area is 193 Å². The summed E-state index contributed by atoms with van der Waals surface area (Å²) < 4.78 is 7.75. The molecule has 1 aliphatic rings. The topological polar surface area (TPSA) is 60.2 Å². The van der Waals surface area contributed by atoms with E-state index < -0.39 is 0 Å². The summed E-state index contributed by atoms with van der Waals surface area (Å²) in [4.78, 5) is 19.9. The maximum absolute atomic E-state index is 13.4. The molecule has 0 saturated carbocycles. The number of para-hydroxylation sites is 1. The summed E-state index contributed by atoms with van der Waals surface area (Å²) in [5.74, 6) is 0.254. The second kappa shape index (κ2) is 9.16. The normalized spacial score (nSPS) is 16.7. The van der Waals surface area contributed by atoms with E-state index in [-0.39, 0.29) is 11.8 Å². The Bertz CT molecular complexity index is 1300. The Morgan fingerprint density at radius 2 is 1.97 bits per heavy atom. The molecule has 2 aromatic carbocycles. The monoisotopic (exact) mass is 440 g/mol. The molecule has 1 fully saturated rings. The number of hydrogen-bond acceptors (Lipinski definition) is 4. The highest BCUT2D eigenvalue weighted by molar-refractivity contribution is 5.94. The smallest absolute Gasteiger partial charge is 0.254 e. The lowest BCUT2D eigenvalue weighted by atomic mass is 9.99. The van der Waals surface area contributed by atoms with Crippen LogP contribution in [0.5, 0.6) is 0 Å². The number of nitrogens with zero attached hydrogens (tertiary/aromatic N) is 4. The van der Waals surface area contributed by atoms with E-state index in [9.17, 15) is 4.79 Å². The highest BCUT2D eigenvalue weighted by Gasteiger charge is 2.24. The molecule has 1 atom stereocenters. The molecule has 1 aliphatic heterocycles. The van der Waals surface area contributed by atoms with Crippen LogP contribution in [0.2, 0.25) is 0 Å². The van der Waals surface area contributed by atoms with Crippen molar-refractivity contribution < 1.29 is 9.53 Å². The molecule has 0 unspecified atom stereocenters. The number of pyridine rings is 1. The van der Waals surface area contributed by atoms with E-state index in [1.165, 1.54) is 5.56 Å². The van der Waals surface area contributed by atoms with Crippen LogP contribution in [0.4, 0.5) is 0 Å². The highest BCUT2D eigenvalue weighted by Crippen LogP contribution is 2.20. The average Bonchev–Trinajstić information content (AvgIpc) is 3.02. The van der Waals surface area contributed by atoms with Gasteiger partial charge in [-0.2, -0.15) is 5.10 Å². The molecule has 2 aromatic heterocycles. The molecule has 1 saturated heterocycles. The lowest BCUT2D eigenvalue weighted by Gasteiger charge is -2.24. The molecule has 0 N–H and O–H groups in total. The molecule has 0 aliphatic carbocycles. The van der Waals surface area contributed by atoms with Gasteiger partial charge in [0.25, 0.3) is 5.91 Å². The summed E-state index contributed by atoms with van der Waals surface area (Å²) in [7, 11) is 0. The first-order valence-corrected chi connectivity index (χ1v) is 11.4. The summed E-state index contributed by atoms with van der Waals surface area (Å²) in [6.45, 7) is 6.44. The van der Waals surface area contributed by atoms with Crippen molar-refractivity contribution in [2.24, 2.45) is 5.92 Å². The van der Waals surface area contributed by atoms with Gasteiger partial charge in [-0.25, -0.2) is 4.68 Å². The molecule has 3 heterocycles. The number of amides is 1. The Hall–Kier alpha value is -3.51. The van der Waals surface area contributed by atoms with Gasteiger partial charge in [0.1, 0.15) is 0 Å². The first kappa shape index (κ1) is 21.3. The number of rotatable bonds is 4. The van der Waals surface area contributed by atoms with E-state index in [0.717, 1.165) is 34.4 Å². The molecule has 1 amide bonds. The van der Waals surface area contributed by atoms with Crippen LogP contribution in [-0.4, -0.2) is 51.9 Å². The third-order valence-electron chi connectivity index (χ3n) is 6.14. The predicted octanol–water partition coefficient (Wildman–Crippen LogP) is 4.37. The second-order valence-corrected chi connectivity index (χ2v) is 8.82. The van der Waals surface area contributed by atoms with Gasteiger partial charge in [0.15, 0.2) is 0 Å². The second-order valence-electron chi connectivity index (χ2n) is 8.82. The van der Waals surface area contributed by atoms with E-state index in [4.69, 9.17) is 4.74 Å². The van der Waals surface area contributed by atoms with Crippen molar-refractivity contribution in [1.82, 2.24) is 19.7 Å². The van der Waals surface area contributed by atoms with Crippen LogP contribution in [0.25, 0.3) is 16.6 Å². The van der Waals surface area contributed by atoms with E-state index in [2.05, 4.69) is 22.2 Å². The lowest BCUT2D eigenvalue weighted by molar-refractivity contribution is 0.0737. The largest absolute Gasteiger partial charge is 0.379 e. The quantitative estimate of drug-likeness (QED) is 0.473. The number of aromatic nitrogens is 3. The third-order valence-corrected chi connectivity index (χ3v) is 6.14. The van der Waals surface area contributed by atoms with Crippen LogP contribution in [0, 0.1) is 19.8 Å². The third kappa shape index (κ3) is 4.66. The first-order chi connectivity index (χ1) is 16.1. The molecule has 6 heteroatoms. The maximum Gasteiger partial charge on any atom is 0.254 e. The van der Waals surface area contributed by atoms with Crippen molar-refractivity contribution in [3.63, 3.8) is 0 Å². The molecule has 0 bridgehead atoms. The first-order valence-electron chi connectivity index (χ1n) is 11.4. The Kier molecular flexibility index (Phi) is 5.92. The van der Waals surface area contributed by atoms with Crippen molar-refractivity contribution in [2.45, 2.75) is 20.3 Å². The average molecular weight is 441 g/mol. The molecule has 6 nitrogen and oxygen atoms in total. The minimum Gasteiger partial charge on any atom is -0.379 e. The van der Waals surface area contributed by atoms with Crippen molar-refractivity contribution in [2.75, 3.05) is 26.3 Å². The molecular formula is C27H28N4O2. The summed E-state index contributed by atoms with van der Waals surface area (Å²) in [6.07, 6.45) is 2.77. The van der Waals surface area contributed by atoms with Gasteiger partial charge in [0.05, 0.1) is 30.1 Å². The van der Waals surface area contributed by atoms with Gasteiger partial charge < -0.3 is 9.64 Å². The van der Waals surface area contributed by atoms with Crippen LogP contribution in [0.3, 0.4) is 0 Å². The van der Waals surface area contributed by atoms with Gasteiger partial charge in [-0.1, -0.05) is 24.3 Å². The predicted molar refractivity (Wildman–Crippen MR) is 129 cm³/mol. The van der Waals surface area contributed by atoms with E-state index >= 15 is 0 Å². The van der Waals surface area contributed by atoms with E-state index in [0.29, 0.717) is 31.9 Å². The van der Waals surface area contributed by atoms with Crippen molar-refractivity contribution in [3.8, 4) is 5.69 Å². The minimum absolute atomic E-state index is 0.0329. The SMILES string of the molecule is Cc1cc(C)n(-c2cccc(C(=O)N3CCOC[C@H](Cc4cnc5ccccc5c4)C3)c2)n1. The zero-order valence-corrected chi connectivity index (χ0v) is 19.1. The van der Waals surface area contributed by atoms with Gasteiger partial charge >= 0.3 is 0 Å². The zero-order chi connectivity index (χ0) is 22.8. The molecule has 0 spiro atoms. The fraction of sp³-hybridized carbons (Fsp3) is 0.296. The number of carbonyl (C=O) groups excluding carboxylic acids is 1. The number of hydrogen-bond donors (Lipinski definition) is 0. The fourth-order valence-corrected chi connectivity index (χ4v) is 4.59. The zero-order valence-electron chi connectivity index (χ0n) is 19.1. The Morgan fingerprint density at radius 1 is 1.09 bits per heavy atom. The van der Waals surface area contributed by atoms with Gasteiger partial charge in [0.2, 0.25) is 0 Å². The molecule has 0 radical (unpaired) electrons. The summed E-state index contributed by atoms with van der Waals surface area (Å²) in [6, 6.07) is 20.1. The standard InChI is InChI=1S/C27H28N4O2/c1-19-12-20(2)31(29-19)25-8-5-7-24(15-25)27(32)30-10-11-33-18-22(17-30)13-21-14-23-6-3-4-9-26(23)28-16-21/h3-9,12,14-16,22H,10-11,13,17-18H2,1-2H3/t22-/m1/s1. The molecule has 5 rings (SSSR count). The van der Waals surface area contributed by atoms with Crippen LogP contribution < -0.4 is 0 Å². The van der Waals surface area contributed by atoms with Crippen molar-refractivity contribution in [1.29, 1.82) is 0 Å². The molecule has 168 valence electrons. The Morgan fingerprint density at radius 3 is 2.82 bits per heavy atom. The lowest BCUT2D eigenvalue weighted by Crippen LogP contribution is -2.36. The highest BCUT2D eigenvalue weighted by atomic mass is 16.5. The molecule has 33 heavy (non-hydrogen) atoms. The number of fused-ring (bicyclic) bond motifs is 1. The van der Waals surface area contributed by atoms with Crippen molar-refractivity contribution in [3.05, 3.63) is 89.4 Å². The summed E-state index contributed by atoms with van der Waals surface area (Å²) in [5.41, 5.74) is 5.74. The molecular weight excluding hydrogens is 412 g/mol. The van der Waals surface area contributed by atoms with Gasteiger partial charge in [-0.3, -0.25) is 9.78 Å². The van der Waals surface area contributed by atoms with Crippen LogP contribution in [0.1, 0.15) is 27.3 Å². The minimum atomic E-state index is 0.0329. The van der Waals surface area contributed by atoms with Crippen LogP contribution in [0.15, 0.2) is 66.9 Å². The van der Waals surface area contributed by atoms with Gasteiger partial charge in [-0.05, 0) is 62.2 Å². The summed E-state index contributed by atoms with van der Waals surface area (Å²) in [5, 5.41) is 5.69. The molecule has 4 aromatic rings. The Balaban J connectivity index is 1.33. The number of benzene rings is 2. The number of carbonyl (C=O) groups is 1. The fourth-order valence-electron chi connectivity index (χ4n) is 4.59. The van der Waals surface area contributed by atoms with Crippen LogP contribution >= 0.6 is 0 Å². The van der Waals surface area contributed by atoms with Gasteiger partial charge in [-0.15, -0.1) is 0 Å². The maximum atomic E-state index is 13.4. The van der Waals surface area contributed by atoms with Crippen molar-refractivity contribution >= 4 is 16.8 Å². The number of ether oxygens (including phenoxy) is 1. The van der Waals surface area contributed by atoms with Crippen LogP contribution in [-0.2, 0) is 11.2 Å².